The van der Waals surface area contributed by atoms with Crippen LogP contribution in [-0.2, 0) is 27.5 Å². The number of nitrogens with zero attached hydrogens (tertiary/aromatic N) is 1. The standard InChI is InChI=1S/C23H18F4N2O5S/c1-34-18-4-2-3-14(9-18)10-22(30)29-28-13-15-11-17(24)6-7-19(15)20-12-16(23(25,26)27)5-8-21(20)35(31,32)33/h2-9,11-13H,10H2,1H3,(H,29,30)(H,31,32,33)/b28-13-. The molecule has 35 heavy (non-hydrogen) atoms. The van der Waals surface area contributed by atoms with Crippen molar-refractivity contribution in [3.63, 3.8) is 0 Å². The van der Waals surface area contributed by atoms with Gasteiger partial charge in [-0.1, -0.05) is 18.2 Å². The second kappa shape index (κ2) is 10.2. The fourth-order valence-electron chi connectivity index (χ4n) is 3.21. The van der Waals surface area contributed by atoms with Gasteiger partial charge in [0.15, 0.2) is 0 Å². The van der Waals surface area contributed by atoms with E-state index in [-0.39, 0.29) is 17.5 Å². The van der Waals surface area contributed by atoms with Crippen LogP contribution in [0.5, 0.6) is 5.75 Å². The van der Waals surface area contributed by atoms with Gasteiger partial charge in [0.2, 0.25) is 5.91 Å². The number of ether oxygens (including phenoxy) is 1. The summed E-state index contributed by atoms with van der Waals surface area (Å²) in [5, 5.41) is 3.71. The van der Waals surface area contributed by atoms with E-state index in [1.807, 2.05) is 0 Å². The Morgan fingerprint density at radius 2 is 1.83 bits per heavy atom. The highest BCUT2D eigenvalue weighted by atomic mass is 32.2. The second-order valence-electron chi connectivity index (χ2n) is 7.24. The van der Waals surface area contributed by atoms with Gasteiger partial charge in [0.25, 0.3) is 10.1 Å². The third-order valence-electron chi connectivity index (χ3n) is 4.78. The van der Waals surface area contributed by atoms with Crippen LogP contribution in [0.1, 0.15) is 16.7 Å². The van der Waals surface area contributed by atoms with Crippen molar-refractivity contribution in [1.82, 2.24) is 5.43 Å². The number of carbonyl (C=O) groups excluding carboxylic acids is 1. The van der Waals surface area contributed by atoms with E-state index in [1.165, 1.54) is 7.11 Å². The van der Waals surface area contributed by atoms with E-state index in [0.29, 0.717) is 29.5 Å². The molecule has 0 heterocycles. The second-order valence-corrected chi connectivity index (χ2v) is 8.63. The lowest BCUT2D eigenvalue weighted by Crippen LogP contribution is -2.19. The number of hydrogen-bond donors (Lipinski definition) is 2. The van der Waals surface area contributed by atoms with Crippen molar-refractivity contribution in [3.8, 4) is 16.9 Å². The first-order valence-corrected chi connectivity index (χ1v) is 11.3. The molecule has 0 aromatic heterocycles. The summed E-state index contributed by atoms with van der Waals surface area (Å²) in [5.74, 6) is -0.803. The molecule has 0 aliphatic heterocycles. The van der Waals surface area contributed by atoms with Crippen LogP contribution in [0.4, 0.5) is 17.6 Å². The zero-order valence-corrected chi connectivity index (χ0v) is 18.8. The highest BCUT2D eigenvalue weighted by molar-refractivity contribution is 7.86. The van der Waals surface area contributed by atoms with Gasteiger partial charge in [0.1, 0.15) is 16.5 Å². The van der Waals surface area contributed by atoms with Crippen molar-refractivity contribution < 1.29 is 40.1 Å². The Morgan fingerprint density at radius 3 is 2.49 bits per heavy atom. The highest BCUT2D eigenvalue weighted by Gasteiger charge is 2.32. The maximum Gasteiger partial charge on any atom is 0.416 e. The highest BCUT2D eigenvalue weighted by Crippen LogP contribution is 2.36. The number of amides is 1. The number of nitrogens with one attached hydrogen (secondary N) is 1. The van der Waals surface area contributed by atoms with Crippen LogP contribution in [-0.4, -0.2) is 32.2 Å². The average Bonchev–Trinajstić information content (AvgIpc) is 2.77. The van der Waals surface area contributed by atoms with Crippen LogP contribution >= 0.6 is 0 Å². The number of halogens is 4. The van der Waals surface area contributed by atoms with Gasteiger partial charge in [-0.05, 0) is 53.6 Å². The molecule has 0 radical (unpaired) electrons. The summed E-state index contributed by atoms with van der Waals surface area (Å²) in [7, 11) is -3.46. The smallest absolute Gasteiger partial charge is 0.416 e. The fraction of sp³-hybridized carbons (Fsp3) is 0.130. The van der Waals surface area contributed by atoms with Gasteiger partial charge in [-0.25, -0.2) is 9.82 Å². The van der Waals surface area contributed by atoms with E-state index >= 15 is 0 Å². The summed E-state index contributed by atoms with van der Waals surface area (Å²) >= 11 is 0. The molecule has 0 bridgehead atoms. The molecule has 12 heteroatoms. The number of rotatable bonds is 7. The summed E-state index contributed by atoms with van der Waals surface area (Å²) < 4.78 is 91.8. The van der Waals surface area contributed by atoms with Gasteiger partial charge < -0.3 is 4.74 Å². The van der Waals surface area contributed by atoms with Gasteiger partial charge in [-0.2, -0.15) is 26.7 Å². The van der Waals surface area contributed by atoms with E-state index in [9.17, 15) is 35.3 Å². The molecular formula is C23H18F4N2O5S. The minimum atomic E-state index is -4.93. The van der Waals surface area contributed by atoms with Gasteiger partial charge in [-0.15, -0.1) is 0 Å². The first-order valence-electron chi connectivity index (χ1n) is 9.82. The molecule has 0 fully saturated rings. The first kappa shape index (κ1) is 25.8. The molecule has 0 aliphatic carbocycles. The first-order chi connectivity index (χ1) is 16.4. The number of alkyl halides is 3. The van der Waals surface area contributed by atoms with E-state index in [4.69, 9.17) is 4.74 Å². The topological polar surface area (TPSA) is 105 Å². The lowest BCUT2D eigenvalue weighted by molar-refractivity contribution is -0.137. The Kier molecular flexibility index (Phi) is 7.56. The van der Waals surface area contributed by atoms with Crippen molar-refractivity contribution in [2.45, 2.75) is 17.5 Å². The largest absolute Gasteiger partial charge is 0.497 e. The lowest BCUT2D eigenvalue weighted by Gasteiger charge is -2.14. The van der Waals surface area contributed by atoms with Crippen LogP contribution in [0.15, 0.2) is 70.7 Å². The van der Waals surface area contributed by atoms with E-state index < -0.39 is 44.0 Å². The minimum Gasteiger partial charge on any atom is -0.497 e. The number of hydrogen-bond acceptors (Lipinski definition) is 5. The molecule has 0 spiro atoms. The van der Waals surface area contributed by atoms with Gasteiger partial charge in [0, 0.05) is 11.1 Å². The minimum absolute atomic E-state index is 0.0783. The van der Waals surface area contributed by atoms with Crippen molar-refractivity contribution in [2.24, 2.45) is 5.10 Å². The Morgan fingerprint density at radius 1 is 1.09 bits per heavy atom. The van der Waals surface area contributed by atoms with Gasteiger partial charge >= 0.3 is 6.18 Å². The summed E-state index contributed by atoms with van der Waals surface area (Å²) in [6, 6.07) is 11.2. The Bertz CT molecular complexity index is 1390. The van der Waals surface area contributed by atoms with Crippen molar-refractivity contribution in [2.75, 3.05) is 7.11 Å². The number of carbonyl (C=O) groups is 1. The zero-order valence-electron chi connectivity index (χ0n) is 18.0. The van der Waals surface area contributed by atoms with Crippen LogP contribution in [0.2, 0.25) is 0 Å². The van der Waals surface area contributed by atoms with Crippen molar-refractivity contribution in [1.29, 1.82) is 0 Å². The molecule has 1 amide bonds. The maximum absolute atomic E-state index is 13.9. The third-order valence-corrected chi connectivity index (χ3v) is 5.69. The molecule has 3 aromatic carbocycles. The maximum atomic E-state index is 13.9. The Balaban J connectivity index is 1.95. The molecular weight excluding hydrogens is 492 g/mol. The summed E-state index contributed by atoms with van der Waals surface area (Å²) in [6.07, 6.45) is -3.93. The van der Waals surface area contributed by atoms with Crippen molar-refractivity contribution >= 4 is 22.2 Å². The molecule has 2 N–H and O–H groups in total. The molecule has 0 saturated carbocycles. The van der Waals surface area contributed by atoms with E-state index in [0.717, 1.165) is 24.4 Å². The van der Waals surface area contributed by atoms with Gasteiger partial charge in [0.05, 0.1) is 25.3 Å². The summed E-state index contributed by atoms with van der Waals surface area (Å²) in [5.41, 5.74) is 0.815. The molecule has 0 aliphatic rings. The van der Waals surface area contributed by atoms with Crippen LogP contribution in [0.3, 0.4) is 0 Å². The molecule has 0 unspecified atom stereocenters. The fourth-order valence-corrected chi connectivity index (χ4v) is 3.90. The monoisotopic (exact) mass is 510 g/mol. The molecule has 0 atom stereocenters. The van der Waals surface area contributed by atoms with Crippen LogP contribution in [0, 0.1) is 5.82 Å². The molecule has 0 saturated heterocycles. The van der Waals surface area contributed by atoms with Crippen LogP contribution < -0.4 is 10.2 Å². The molecule has 7 nitrogen and oxygen atoms in total. The lowest BCUT2D eigenvalue weighted by atomic mass is 9.98. The molecule has 3 aromatic rings. The molecule has 3 rings (SSSR count). The van der Waals surface area contributed by atoms with Crippen molar-refractivity contribution in [3.05, 3.63) is 83.2 Å². The molecule has 184 valence electrons. The average molecular weight is 510 g/mol. The van der Waals surface area contributed by atoms with Gasteiger partial charge in [-0.3, -0.25) is 9.35 Å². The summed E-state index contributed by atoms with van der Waals surface area (Å²) in [4.78, 5) is 11.4. The normalized spacial score (nSPS) is 12.1. The SMILES string of the molecule is COc1cccc(CC(=O)N/N=C\c2cc(F)ccc2-c2cc(C(F)(F)F)ccc2S(=O)(=O)O)c1. The summed E-state index contributed by atoms with van der Waals surface area (Å²) in [6.45, 7) is 0. The van der Waals surface area contributed by atoms with Crippen LogP contribution in [0.25, 0.3) is 11.1 Å². The number of benzene rings is 3. The Hall–Kier alpha value is -3.77. The van der Waals surface area contributed by atoms with E-state index in [2.05, 4.69) is 10.5 Å². The zero-order chi connectivity index (χ0) is 25.8. The quantitative estimate of drug-likeness (QED) is 0.211. The predicted molar refractivity (Wildman–Crippen MR) is 119 cm³/mol. The number of methoxy groups -OCH3 is 1. The third kappa shape index (κ3) is 6.64. The number of hydrazone groups is 1. The predicted octanol–water partition coefficient (Wildman–Crippen LogP) is 4.46. The van der Waals surface area contributed by atoms with E-state index in [1.54, 1.807) is 24.3 Å². The Labute approximate surface area is 197 Å².